The number of aliphatic imine (C=N–C) groups is 1. The molecule has 1 heterocycles. The Bertz CT molecular complexity index is 833. The monoisotopic (exact) mass is 397 g/mol. The summed E-state index contributed by atoms with van der Waals surface area (Å²) in [6.07, 6.45) is 0. The van der Waals surface area contributed by atoms with Gasteiger partial charge in [0.1, 0.15) is 12.3 Å². The molecule has 2 aromatic carbocycles. The first-order valence-corrected chi connectivity index (χ1v) is 11.7. The highest BCUT2D eigenvalue weighted by molar-refractivity contribution is 7.80. The van der Waals surface area contributed by atoms with Gasteiger partial charge in [0.2, 0.25) is 0 Å². The van der Waals surface area contributed by atoms with E-state index in [2.05, 4.69) is 41.5 Å². The van der Waals surface area contributed by atoms with Crippen molar-refractivity contribution in [1.29, 1.82) is 0 Å². The highest BCUT2D eigenvalue weighted by Gasteiger charge is 2.49. The molecule has 0 radical (unpaired) electrons. The van der Waals surface area contributed by atoms with Crippen LogP contribution in [0.1, 0.15) is 41.5 Å². The van der Waals surface area contributed by atoms with Crippen LogP contribution in [0.15, 0.2) is 65.7 Å². The number of nitrogens with zero attached hydrogens (tertiary/aromatic N) is 1. The van der Waals surface area contributed by atoms with Gasteiger partial charge in [0.15, 0.2) is 13.0 Å². The van der Waals surface area contributed by atoms with Gasteiger partial charge >= 0.3 is 0 Å². The molecular formula is C24H32NO2P. The third-order valence-corrected chi connectivity index (χ3v) is 9.22. The van der Waals surface area contributed by atoms with Crippen molar-refractivity contribution < 1.29 is 9.30 Å². The summed E-state index contributed by atoms with van der Waals surface area (Å²) in [5, 5.41) is 1.71. The molecule has 0 fully saturated rings. The van der Waals surface area contributed by atoms with E-state index in [1.54, 1.807) is 0 Å². The Hall–Kier alpha value is -1.86. The van der Waals surface area contributed by atoms with Crippen molar-refractivity contribution in [3.63, 3.8) is 0 Å². The van der Waals surface area contributed by atoms with E-state index in [0.29, 0.717) is 12.5 Å². The van der Waals surface area contributed by atoms with Gasteiger partial charge in [-0.3, -0.25) is 0 Å². The maximum absolute atomic E-state index is 14.9. The van der Waals surface area contributed by atoms with Crippen LogP contribution in [0, 0.1) is 10.8 Å². The molecule has 3 nitrogen and oxygen atoms in total. The zero-order chi connectivity index (χ0) is 20.6. The van der Waals surface area contributed by atoms with Crippen LogP contribution in [-0.2, 0) is 9.30 Å². The van der Waals surface area contributed by atoms with E-state index in [9.17, 15) is 4.57 Å². The SMILES string of the molecule is CC(C)(C)[C@@H](C1=N[C@@H](C(C)(C)C)CO1)P(=O)(c1ccccc1)c1ccccc1. The molecule has 1 aliphatic rings. The van der Waals surface area contributed by atoms with Crippen LogP contribution >= 0.6 is 7.14 Å². The van der Waals surface area contributed by atoms with Crippen molar-refractivity contribution in [2.45, 2.75) is 53.2 Å². The number of hydrogen-bond acceptors (Lipinski definition) is 3. The van der Waals surface area contributed by atoms with E-state index in [1.165, 1.54) is 0 Å². The van der Waals surface area contributed by atoms with E-state index >= 15 is 0 Å². The van der Waals surface area contributed by atoms with Gasteiger partial charge in [-0.2, -0.15) is 0 Å². The first kappa shape index (κ1) is 20.9. The van der Waals surface area contributed by atoms with Crippen molar-refractivity contribution in [2.75, 3.05) is 6.61 Å². The normalized spacial score (nSPS) is 19.1. The minimum atomic E-state index is -3.04. The molecule has 28 heavy (non-hydrogen) atoms. The van der Waals surface area contributed by atoms with Crippen molar-refractivity contribution in [3.8, 4) is 0 Å². The molecule has 2 aromatic rings. The highest BCUT2D eigenvalue weighted by atomic mass is 31.2. The van der Waals surface area contributed by atoms with Gasteiger partial charge in [-0.25, -0.2) is 4.99 Å². The van der Waals surface area contributed by atoms with Crippen molar-refractivity contribution in [3.05, 3.63) is 60.7 Å². The van der Waals surface area contributed by atoms with E-state index < -0.39 is 7.14 Å². The lowest BCUT2D eigenvalue weighted by Gasteiger charge is -2.37. The van der Waals surface area contributed by atoms with Crippen LogP contribution in [0.25, 0.3) is 0 Å². The first-order valence-electron chi connectivity index (χ1n) is 9.96. The second-order valence-electron chi connectivity index (χ2n) is 9.76. The maximum atomic E-state index is 14.9. The Morgan fingerprint density at radius 1 is 0.893 bits per heavy atom. The molecule has 0 spiro atoms. The quantitative estimate of drug-likeness (QED) is 0.660. The minimum absolute atomic E-state index is 0.00761. The van der Waals surface area contributed by atoms with Gasteiger partial charge in [-0.1, -0.05) is 102 Å². The summed E-state index contributed by atoms with van der Waals surface area (Å²) in [7, 11) is -3.04. The van der Waals surface area contributed by atoms with Crippen LogP contribution in [0.4, 0.5) is 0 Å². The Morgan fingerprint density at radius 2 is 1.36 bits per heavy atom. The Balaban J connectivity index is 2.22. The van der Waals surface area contributed by atoms with Crippen LogP contribution in [0.5, 0.6) is 0 Å². The molecule has 4 heteroatoms. The summed E-state index contributed by atoms with van der Waals surface area (Å²) in [5.74, 6) is 0.642. The fourth-order valence-electron chi connectivity index (χ4n) is 3.80. The smallest absolute Gasteiger partial charge is 0.195 e. The maximum Gasteiger partial charge on any atom is 0.195 e. The molecule has 2 atom stereocenters. The predicted octanol–water partition coefficient (Wildman–Crippen LogP) is 5.26. The number of rotatable bonds is 4. The first-order chi connectivity index (χ1) is 13.0. The van der Waals surface area contributed by atoms with Crippen molar-refractivity contribution >= 4 is 23.6 Å². The molecule has 0 bridgehead atoms. The molecular weight excluding hydrogens is 365 g/mol. The average Bonchev–Trinajstić information content (AvgIpc) is 3.11. The minimum Gasteiger partial charge on any atom is -0.478 e. The van der Waals surface area contributed by atoms with Crippen LogP contribution in [-0.4, -0.2) is 24.2 Å². The lowest BCUT2D eigenvalue weighted by atomic mass is 9.88. The summed E-state index contributed by atoms with van der Waals surface area (Å²) in [5.41, 5.74) is -0.599. The zero-order valence-electron chi connectivity index (χ0n) is 17.8. The Morgan fingerprint density at radius 3 is 1.71 bits per heavy atom. The predicted molar refractivity (Wildman–Crippen MR) is 120 cm³/mol. The van der Waals surface area contributed by atoms with Gasteiger partial charge in [-0.05, 0) is 10.8 Å². The second kappa shape index (κ2) is 7.52. The summed E-state index contributed by atoms with van der Waals surface area (Å²) in [4.78, 5) is 4.97. The van der Waals surface area contributed by atoms with E-state index in [1.807, 2.05) is 60.7 Å². The molecule has 0 saturated heterocycles. The molecule has 3 rings (SSSR count). The summed E-state index contributed by atoms with van der Waals surface area (Å²) in [6, 6.07) is 19.7. The van der Waals surface area contributed by atoms with Gasteiger partial charge in [0.05, 0.1) is 6.04 Å². The molecule has 150 valence electrons. The Kier molecular flexibility index (Phi) is 5.60. The molecule has 0 N–H and O–H groups in total. The molecule has 0 aliphatic carbocycles. The van der Waals surface area contributed by atoms with Crippen LogP contribution in [0.2, 0.25) is 0 Å². The third-order valence-electron chi connectivity index (χ3n) is 5.37. The molecule has 0 amide bonds. The van der Waals surface area contributed by atoms with Crippen molar-refractivity contribution in [2.24, 2.45) is 15.8 Å². The standard InChI is InChI=1S/C24H32NO2P/c1-23(2,3)20-17-27-22(25-20)21(24(4,5)6)28(26,18-13-9-7-10-14-18)19-15-11-8-12-16-19/h7-16,20-21H,17H2,1-6H3/t20-,21-/m1/s1. The van der Waals surface area contributed by atoms with Gasteiger partial charge in [-0.15, -0.1) is 0 Å². The van der Waals surface area contributed by atoms with Gasteiger partial charge in [0, 0.05) is 10.6 Å². The third kappa shape index (κ3) is 3.96. The van der Waals surface area contributed by atoms with E-state index in [4.69, 9.17) is 9.73 Å². The molecule has 0 unspecified atom stereocenters. The molecule has 0 aromatic heterocycles. The largest absolute Gasteiger partial charge is 0.478 e. The summed E-state index contributed by atoms with van der Waals surface area (Å²) >= 11 is 0. The number of benzene rings is 2. The van der Waals surface area contributed by atoms with Crippen molar-refractivity contribution in [1.82, 2.24) is 0 Å². The topological polar surface area (TPSA) is 38.7 Å². The molecule has 1 aliphatic heterocycles. The fourth-order valence-corrected chi connectivity index (χ4v) is 7.47. The lowest BCUT2D eigenvalue weighted by Crippen LogP contribution is -2.41. The molecule has 0 saturated carbocycles. The summed E-state index contributed by atoms with van der Waals surface area (Å²) < 4.78 is 21.1. The van der Waals surface area contributed by atoms with Crippen LogP contribution in [0.3, 0.4) is 0 Å². The van der Waals surface area contributed by atoms with Gasteiger partial charge < -0.3 is 9.30 Å². The second-order valence-corrected chi connectivity index (χ2v) is 12.6. The van der Waals surface area contributed by atoms with Crippen LogP contribution < -0.4 is 10.6 Å². The van der Waals surface area contributed by atoms with E-state index in [-0.39, 0.29) is 22.5 Å². The zero-order valence-corrected chi connectivity index (χ0v) is 18.7. The highest BCUT2D eigenvalue weighted by Crippen LogP contribution is 2.56. The van der Waals surface area contributed by atoms with Gasteiger partial charge in [0.25, 0.3) is 0 Å². The lowest BCUT2D eigenvalue weighted by molar-refractivity contribution is 0.229. The van der Waals surface area contributed by atoms with E-state index in [0.717, 1.165) is 10.6 Å². The Labute approximate surface area is 169 Å². The average molecular weight is 397 g/mol. The number of ether oxygens (including phenoxy) is 1. The number of hydrogen-bond donors (Lipinski definition) is 0. The fraction of sp³-hybridized carbons (Fsp3) is 0.458. The summed E-state index contributed by atoms with van der Waals surface area (Å²) in [6.45, 7) is 13.5.